The highest BCUT2D eigenvalue weighted by Gasteiger charge is 2.70. The van der Waals surface area contributed by atoms with Crippen LogP contribution in [-0.4, -0.2) is 42.1 Å². The molecular formula is C31H46O6. The molecule has 6 nitrogen and oxygen atoms in total. The normalized spacial score (nSPS) is 52.1. The Morgan fingerprint density at radius 2 is 1.81 bits per heavy atom. The molecule has 0 radical (unpaired) electrons. The fourth-order valence-corrected chi connectivity index (χ4v) is 10.4. The van der Waals surface area contributed by atoms with Crippen molar-refractivity contribution >= 4 is 11.9 Å². The lowest BCUT2D eigenvalue weighted by Gasteiger charge is -2.58. The van der Waals surface area contributed by atoms with E-state index in [1.807, 2.05) is 0 Å². The number of ether oxygens (including phenoxy) is 4. The maximum atomic E-state index is 11.6. The lowest BCUT2D eigenvalue weighted by Crippen LogP contribution is -2.52. The van der Waals surface area contributed by atoms with E-state index in [0.717, 1.165) is 44.9 Å². The first kappa shape index (κ1) is 25.9. The summed E-state index contributed by atoms with van der Waals surface area (Å²) >= 11 is 0. The summed E-state index contributed by atoms with van der Waals surface area (Å²) < 4.78 is 24.6. The molecule has 0 aromatic carbocycles. The predicted octanol–water partition coefficient (Wildman–Crippen LogP) is 5.97. The predicted molar refractivity (Wildman–Crippen MR) is 138 cm³/mol. The topological polar surface area (TPSA) is 71.1 Å². The third kappa shape index (κ3) is 3.86. The Bertz CT molecular complexity index is 1010. The van der Waals surface area contributed by atoms with Crippen LogP contribution in [0.4, 0.5) is 0 Å². The number of fused-ring (bicyclic) bond motifs is 7. The van der Waals surface area contributed by atoms with Crippen LogP contribution < -0.4 is 0 Å². The van der Waals surface area contributed by atoms with Crippen LogP contribution in [0.2, 0.25) is 0 Å². The molecule has 5 fully saturated rings. The quantitative estimate of drug-likeness (QED) is 0.341. The van der Waals surface area contributed by atoms with Crippen molar-refractivity contribution in [2.75, 3.05) is 6.61 Å². The highest BCUT2D eigenvalue weighted by molar-refractivity contribution is 5.66. The van der Waals surface area contributed by atoms with E-state index in [1.54, 1.807) is 5.57 Å². The molecule has 37 heavy (non-hydrogen) atoms. The lowest BCUT2D eigenvalue weighted by atomic mass is 9.47. The van der Waals surface area contributed by atoms with Crippen molar-refractivity contribution < 1.29 is 28.5 Å². The number of allylic oxidation sites excluding steroid dienone is 1. The number of carbonyl (C=O) groups excluding carboxylic acids is 2. The summed E-state index contributed by atoms with van der Waals surface area (Å²) in [6, 6.07) is 0. The van der Waals surface area contributed by atoms with Gasteiger partial charge in [-0.15, -0.1) is 0 Å². The van der Waals surface area contributed by atoms with Crippen LogP contribution in [0.5, 0.6) is 0 Å². The molecule has 4 aliphatic carbocycles. The Morgan fingerprint density at radius 3 is 2.54 bits per heavy atom. The number of rotatable bonds is 3. The molecule has 2 saturated heterocycles. The van der Waals surface area contributed by atoms with Crippen LogP contribution in [0.3, 0.4) is 0 Å². The van der Waals surface area contributed by atoms with E-state index in [9.17, 15) is 9.59 Å². The Kier molecular flexibility index (Phi) is 5.97. The van der Waals surface area contributed by atoms with Gasteiger partial charge in [0.05, 0.1) is 6.10 Å². The van der Waals surface area contributed by atoms with E-state index in [0.29, 0.717) is 36.2 Å². The van der Waals surface area contributed by atoms with Crippen molar-refractivity contribution in [2.45, 2.75) is 123 Å². The standard InChI is InChI=1S/C31H46O6/c1-18-27-26(36-31(18)14-13-28(4,37-31)17-34-19(2)32)16-25-23-8-7-21-15-22(35-20(3)33)9-11-29(21,5)24(23)10-12-30(25,27)6/h7,18,22-27H,8-17H2,1-6H3/t18-,22-,23+,24-,25-,26-,27-,28-,29-,30-,31-/m0/s1. The van der Waals surface area contributed by atoms with Gasteiger partial charge in [-0.3, -0.25) is 9.59 Å². The third-order valence-corrected chi connectivity index (χ3v) is 12.1. The van der Waals surface area contributed by atoms with Gasteiger partial charge in [-0.1, -0.05) is 32.4 Å². The smallest absolute Gasteiger partial charge is 0.302 e. The van der Waals surface area contributed by atoms with E-state index in [4.69, 9.17) is 18.9 Å². The van der Waals surface area contributed by atoms with Crippen LogP contribution in [0.15, 0.2) is 11.6 Å². The van der Waals surface area contributed by atoms with Gasteiger partial charge >= 0.3 is 11.9 Å². The molecule has 1 spiro atoms. The molecule has 6 heteroatoms. The fourth-order valence-electron chi connectivity index (χ4n) is 10.4. The van der Waals surface area contributed by atoms with Gasteiger partial charge in [0.1, 0.15) is 18.3 Å². The minimum Gasteiger partial charge on any atom is -0.463 e. The summed E-state index contributed by atoms with van der Waals surface area (Å²) in [5.41, 5.74) is 1.58. The third-order valence-electron chi connectivity index (χ3n) is 12.1. The summed E-state index contributed by atoms with van der Waals surface area (Å²) in [5.74, 6) is 1.97. The summed E-state index contributed by atoms with van der Waals surface area (Å²) in [6.07, 6.45) is 12.4. The van der Waals surface area contributed by atoms with Crippen LogP contribution in [0, 0.1) is 40.4 Å². The molecule has 6 rings (SSSR count). The van der Waals surface area contributed by atoms with Crippen LogP contribution in [0.1, 0.15) is 99.3 Å². The van der Waals surface area contributed by atoms with E-state index in [2.05, 4.69) is 33.8 Å². The fraction of sp³-hybridized carbons (Fsp3) is 0.871. The average Bonchev–Trinajstić information content (AvgIpc) is 3.41. The van der Waals surface area contributed by atoms with Gasteiger partial charge in [0.25, 0.3) is 0 Å². The summed E-state index contributed by atoms with van der Waals surface area (Å²) in [6.45, 7) is 12.8. The van der Waals surface area contributed by atoms with Crippen molar-refractivity contribution in [2.24, 2.45) is 40.4 Å². The molecule has 2 heterocycles. The number of hydrogen-bond donors (Lipinski definition) is 0. The minimum atomic E-state index is -0.546. The van der Waals surface area contributed by atoms with Crippen LogP contribution >= 0.6 is 0 Å². The maximum absolute atomic E-state index is 11.6. The van der Waals surface area contributed by atoms with Crippen molar-refractivity contribution in [1.82, 2.24) is 0 Å². The molecule has 206 valence electrons. The molecule has 0 unspecified atom stereocenters. The molecule has 0 amide bonds. The van der Waals surface area contributed by atoms with Gasteiger partial charge < -0.3 is 18.9 Å². The number of carbonyl (C=O) groups is 2. The molecule has 11 atom stereocenters. The average molecular weight is 515 g/mol. The first-order valence-electron chi connectivity index (χ1n) is 14.8. The molecule has 0 bridgehead atoms. The van der Waals surface area contributed by atoms with E-state index in [-0.39, 0.29) is 35.0 Å². The molecule has 0 aromatic heterocycles. The second-order valence-electron chi connectivity index (χ2n) is 14.1. The van der Waals surface area contributed by atoms with E-state index >= 15 is 0 Å². The zero-order valence-electron chi connectivity index (χ0n) is 23.6. The number of hydrogen-bond acceptors (Lipinski definition) is 6. The molecule has 0 N–H and O–H groups in total. The van der Waals surface area contributed by atoms with E-state index < -0.39 is 11.4 Å². The molecule has 0 aromatic rings. The first-order valence-corrected chi connectivity index (χ1v) is 14.8. The monoisotopic (exact) mass is 514 g/mol. The second-order valence-corrected chi connectivity index (χ2v) is 14.1. The highest BCUT2D eigenvalue weighted by atomic mass is 16.7. The molecule has 6 aliphatic rings. The van der Waals surface area contributed by atoms with E-state index in [1.165, 1.54) is 26.7 Å². The van der Waals surface area contributed by atoms with Gasteiger partial charge in [0.2, 0.25) is 0 Å². The van der Waals surface area contributed by atoms with Crippen LogP contribution in [-0.2, 0) is 28.5 Å². The Morgan fingerprint density at radius 1 is 1.03 bits per heavy atom. The second kappa shape index (κ2) is 8.55. The summed E-state index contributed by atoms with van der Waals surface area (Å²) in [7, 11) is 0. The molecule has 2 aliphatic heterocycles. The highest BCUT2D eigenvalue weighted by Crippen LogP contribution is 2.71. The SMILES string of the molecule is CC(=O)OC[C@]1(C)CC[C@]2(O[C@H]3C[C@H]4[C@@H]5CC=C6C[C@@H](OC(C)=O)CC[C@]6(C)[C@H]5CC[C@]4(C)[C@H]3[C@@H]2C)O1. The number of esters is 2. The van der Waals surface area contributed by atoms with Gasteiger partial charge in [0.15, 0.2) is 5.79 Å². The zero-order valence-corrected chi connectivity index (χ0v) is 23.6. The largest absolute Gasteiger partial charge is 0.463 e. The van der Waals surface area contributed by atoms with Crippen molar-refractivity contribution in [3.8, 4) is 0 Å². The van der Waals surface area contributed by atoms with Crippen molar-refractivity contribution in [3.05, 3.63) is 11.6 Å². The first-order chi connectivity index (χ1) is 17.4. The summed E-state index contributed by atoms with van der Waals surface area (Å²) in [5, 5.41) is 0. The Hall–Kier alpha value is -1.40. The van der Waals surface area contributed by atoms with Crippen molar-refractivity contribution in [1.29, 1.82) is 0 Å². The lowest BCUT2D eigenvalue weighted by molar-refractivity contribution is -0.263. The van der Waals surface area contributed by atoms with Gasteiger partial charge in [0, 0.05) is 32.6 Å². The van der Waals surface area contributed by atoms with Gasteiger partial charge in [-0.05, 0) is 86.4 Å². The Balaban J connectivity index is 1.20. The molecule has 3 saturated carbocycles. The maximum Gasteiger partial charge on any atom is 0.302 e. The van der Waals surface area contributed by atoms with Crippen LogP contribution in [0.25, 0.3) is 0 Å². The van der Waals surface area contributed by atoms with Crippen molar-refractivity contribution in [3.63, 3.8) is 0 Å². The molecular weight excluding hydrogens is 468 g/mol. The van der Waals surface area contributed by atoms with Gasteiger partial charge in [-0.25, -0.2) is 0 Å². The minimum absolute atomic E-state index is 0.0523. The zero-order chi connectivity index (χ0) is 26.4. The van der Waals surface area contributed by atoms with Gasteiger partial charge in [-0.2, -0.15) is 0 Å². The Labute approximate surface area is 222 Å². The summed E-state index contributed by atoms with van der Waals surface area (Å²) in [4.78, 5) is 23.0.